The number of nitrogens with zero attached hydrogens (tertiary/aromatic N) is 1. The lowest BCUT2D eigenvalue weighted by molar-refractivity contribution is 0.0976. The average Bonchev–Trinajstić information content (AvgIpc) is 2.62. The Morgan fingerprint density at radius 3 is 2.52 bits per heavy atom. The Morgan fingerprint density at radius 1 is 1.04 bits per heavy atom. The summed E-state index contributed by atoms with van der Waals surface area (Å²) in [5.41, 5.74) is 2.70. The molecule has 4 heteroatoms. The van der Waals surface area contributed by atoms with Crippen LogP contribution in [0.25, 0.3) is 0 Å². The SMILES string of the molecule is Cc1cccc(NC(CC(=O)c2ccccc2)c2cccc(Br)c2)n1. The quantitative estimate of drug-likeness (QED) is 0.554. The third-order valence-electron chi connectivity index (χ3n) is 3.95. The van der Waals surface area contributed by atoms with Gasteiger partial charge in [-0.25, -0.2) is 4.98 Å². The number of Topliss-reactive ketones (excluding diaryl/α,β-unsaturated/α-hetero) is 1. The zero-order valence-electron chi connectivity index (χ0n) is 13.9. The number of benzene rings is 2. The van der Waals surface area contributed by atoms with Crippen LogP contribution in [0.2, 0.25) is 0 Å². The van der Waals surface area contributed by atoms with E-state index >= 15 is 0 Å². The molecule has 3 nitrogen and oxygen atoms in total. The van der Waals surface area contributed by atoms with E-state index in [2.05, 4.69) is 26.2 Å². The van der Waals surface area contributed by atoms with E-state index in [0.29, 0.717) is 6.42 Å². The molecule has 0 saturated carbocycles. The topological polar surface area (TPSA) is 42.0 Å². The highest BCUT2D eigenvalue weighted by Gasteiger charge is 2.18. The van der Waals surface area contributed by atoms with Crippen LogP contribution in [0.3, 0.4) is 0 Å². The van der Waals surface area contributed by atoms with Crippen molar-refractivity contribution in [3.05, 3.63) is 94.1 Å². The van der Waals surface area contributed by atoms with Crippen LogP contribution in [-0.4, -0.2) is 10.8 Å². The summed E-state index contributed by atoms with van der Waals surface area (Å²) in [6.45, 7) is 1.95. The minimum Gasteiger partial charge on any atom is -0.363 e. The number of nitrogens with one attached hydrogen (secondary N) is 1. The first-order valence-corrected chi connectivity index (χ1v) is 8.95. The number of ketones is 1. The van der Waals surface area contributed by atoms with Crippen molar-refractivity contribution in [1.29, 1.82) is 0 Å². The highest BCUT2D eigenvalue weighted by Crippen LogP contribution is 2.26. The van der Waals surface area contributed by atoms with Crippen LogP contribution < -0.4 is 5.32 Å². The molecule has 1 unspecified atom stereocenters. The van der Waals surface area contributed by atoms with Crippen molar-refractivity contribution < 1.29 is 4.79 Å². The molecule has 0 aliphatic carbocycles. The summed E-state index contributed by atoms with van der Waals surface area (Å²) >= 11 is 3.51. The maximum Gasteiger partial charge on any atom is 0.165 e. The van der Waals surface area contributed by atoms with Crippen molar-refractivity contribution in [3.8, 4) is 0 Å². The second kappa shape index (κ2) is 8.08. The molecule has 126 valence electrons. The van der Waals surface area contributed by atoms with Gasteiger partial charge in [0, 0.05) is 22.2 Å². The van der Waals surface area contributed by atoms with E-state index in [4.69, 9.17) is 0 Å². The van der Waals surface area contributed by atoms with Crippen molar-refractivity contribution >= 4 is 27.5 Å². The third-order valence-corrected chi connectivity index (χ3v) is 4.44. The number of anilines is 1. The molecule has 0 aliphatic rings. The van der Waals surface area contributed by atoms with Gasteiger partial charge in [0.05, 0.1) is 6.04 Å². The Kier molecular flexibility index (Phi) is 5.61. The van der Waals surface area contributed by atoms with E-state index in [0.717, 1.165) is 27.1 Å². The van der Waals surface area contributed by atoms with E-state index < -0.39 is 0 Å². The molecule has 1 aromatic heterocycles. The number of aryl methyl sites for hydroxylation is 1. The first kappa shape index (κ1) is 17.4. The molecule has 0 fully saturated rings. The summed E-state index contributed by atoms with van der Waals surface area (Å²) in [6, 6.07) is 23.1. The summed E-state index contributed by atoms with van der Waals surface area (Å²) < 4.78 is 0.987. The number of pyridine rings is 1. The number of carbonyl (C=O) groups excluding carboxylic acids is 1. The van der Waals surface area contributed by atoms with E-state index in [1.165, 1.54) is 0 Å². The van der Waals surface area contributed by atoms with E-state index in [-0.39, 0.29) is 11.8 Å². The zero-order valence-corrected chi connectivity index (χ0v) is 15.5. The van der Waals surface area contributed by atoms with Crippen LogP contribution in [-0.2, 0) is 0 Å². The molecule has 1 N–H and O–H groups in total. The van der Waals surface area contributed by atoms with Crippen molar-refractivity contribution in [1.82, 2.24) is 4.98 Å². The second-order valence-corrected chi connectivity index (χ2v) is 6.83. The molecule has 3 rings (SSSR count). The molecular weight excluding hydrogens is 376 g/mol. The zero-order chi connectivity index (χ0) is 17.6. The molecule has 25 heavy (non-hydrogen) atoms. The van der Waals surface area contributed by atoms with Gasteiger partial charge in [-0.05, 0) is 36.8 Å². The molecule has 1 atom stereocenters. The molecule has 0 spiro atoms. The molecule has 0 bridgehead atoms. The number of rotatable bonds is 6. The van der Waals surface area contributed by atoms with Crippen LogP contribution >= 0.6 is 15.9 Å². The van der Waals surface area contributed by atoms with Crippen molar-refractivity contribution in [2.75, 3.05) is 5.32 Å². The van der Waals surface area contributed by atoms with Crippen molar-refractivity contribution in [2.24, 2.45) is 0 Å². The lowest BCUT2D eigenvalue weighted by atomic mass is 9.98. The maximum atomic E-state index is 12.7. The van der Waals surface area contributed by atoms with Gasteiger partial charge in [-0.2, -0.15) is 0 Å². The van der Waals surface area contributed by atoms with Crippen LogP contribution in [0.1, 0.15) is 34.1 Å². The van der Waals surface area contributed by atoms with Gasteiger partial charge in [0.15, 0.2) is 5.78 Å². The van der Waals surface area contributed by atoms with Crippen molar-refractivity contribution in [3.63, 3.8) is 0 Å². The van der Waals surface area contributed by atoms with Gasteiger partial charge in [0.1, 0.15) is 5.82 Å². The van der Waals surface area contributed by atoms with E-state index in [1.807, 2.05) is 79.7 Å². The van der Waals surface area contributed by atoms with E-state index in [9.17, 15) is 4.79 Å². The number of hydrogen-bond acceptors (Lipinski definition) is 3. The molecule has 1 heterocycles. The Morgan fingerprint density at radius 2 is 1.80 bits per heavy atom. The monoisotopic (exact) mass is 394 g/mol. The van der Waals surface area contributed by atoms with Gasteiger partial charge in [-0.15, -0.1) is 0 Å². The largest absolute Gasteiger partial charge is 0.363 e. The van der Waals surface area contributed by atoms with Gasteiger partial charge in [0.25, 0.3) is 0 Å². The third kappa shape index (κ3) is 4.77. The highest BCUT2D eigenvalue weighted by molar-refractivity contribution is 9.10. The fourth-order valence-corrected chi connectivity index (χ4v) is 3.12. The molecular formula is C21H19BrN2O. The summed E-state index contributed by atoms with van der Waals surface area (Å²) in [7, 11) is 0. The minimum atomic E-state index is -0.153. The number of hydrogen-bond donors (Lipinski definition) is 1. The average molecular weight is 395 g/mol. The Labute approximate surface area is 156 Å². The van der Waals surface area contributed by atoms with Gasteiger partial charge >= 0.3 is 0 Å². The minimum absolute atomic E-state index is 0.103. The van der Waals surface area contributed by atoms with Crippen LogP contribution in [0.4, 0.5) is 5.82 Å². The fraction of sp³-hybridized carbons (Fsp3) is 0.143. The first-order valence-electron chi connectivity index (χ1n) is 8.16. The summed E-state index contributed by atoms with van der Waals surface area (Å²) in [5, 5.41) is 3.41. The molecule has 0 saturated heterocycles. The van der Waals surface area contributed by atoms with Crippen LogP contribution in [0, 0.1) is 6.92 Å². The summed E-state index contributed by atoms with van der Waals surface area (Å²) in [4.78, 5) is 17.2. The van der Waals surface area contributed by atoms with Crippen LogP contribution in [0.15, 0.2) is 77.3 Å². The standard InChI is InChI=1S/C21H19BrN2O/c1-15-7-5-12-21(23-15)24-19(17-10-6-11-18(22)13-17)14-20(25)16-8-3-2-4-9-16/h2-13,19H,14H2,1H3,(H,23,24). The number of aromatic nitrogens is 1. The smallest absolute Gasteiger partial charge is 0.165 e. The molecule has 0 amide bonds. The number of carbonyl (C=O) groups is 1. The first-order chi connectivity index (χ1) is 12.1. The Hall–Kier alpha value is -2.46. The normalized spacial score (nSPS) is 11.8. The summed E-state index contributed by atoms with van der Waals surface area (Å²) in [6.07, 6.45) is 0.357. The highest BCUT2D eigenvalue weighted by atomic mass is 79.9. The lowest BCUT2D eigenvalue weighted by Gasteiger charge is -2.20. The van der Waals surface area contributed by atoms with Crippen molar-refractivity contribution in [2.45, 2.75) is 19.4 Å². The maximum absolute atomic E-state index is 12.7. The summed E-state index contributed by atoms with van der Waals surface area (Å²) in [5.74, 6) is 0.872. The Bertz CT molecular complexity index is 865. The van der Waals surface area contributed by atoms with Gasteiger partial charge in [-0.3, -0.25) is 4.79 Å². The van der Waals surface area contributed by atoms with Crippen LogP contribution in [0.5, 0.6) is 0 Å². The fourth-order valence-electron chi connectivity index (χ4n) is 2.70. The predicted molar refractivity (Wildman–Crippen MR) is 105 cm³/mol. The van der Waals surface area contributed by atoms with Gasteiger partial charge < -0.3 is 5.32 Å². The lowest BCUT2D eigenvalue weighted by Crippen LogP contribution is -2.16. The second-order valence-electron chi connectivity index (χ2n) is 5.91. The molecule has 3 aromatic rings. The molecule has 2 aromatic carbocycles. The number of halogens is 1. The van der Waals surface area contributed by atoms with Gasteiger partial charge in [0.2, 0.25) is 0 Å². The van der Waals surface area contributed by atoms with Gasteiger partial charge in [-0.1, -0.05) is 64.5 Å². The molecule has 0 radical (unpaired) electrons. The molecule has 0 aliphatic heterocycles. The Balaban J connectivity index is 1.87. The predicted octanol–water partition coefficient (Wildman–Crippen LogP) is 5.58. The van der Waals surface area contributed by atoms with E-state index in [1.54, 1.807) is 0 Å².